The fourth-order valence-electron chi connectivity index (χ4n) is 1.57. The SMILES string of the molecule is COC(=O)c1ccccc1SC(=O)c1ccccc1. The van der Waals surface area contributed by atoms with Gasteiger partial charge in [0.05, 0.1) is 12.7 Å². The van der Waals surface area contributed by atoms with Crippen LogP contribution in [0.4, 0.5) is 0 Å². The molecule has 0 aliphatic heterocycles. The highest BCUT2D eigenvalue weighted by Gasteiger charge is 2.15. The van der Waals surface area contributed by atoms with E-state index in [9.17, 15) is 9.59 Å². The fourth-order valence-corrected chi connectivity index (χ4v) is 2.43. The lowest BCUT2D eigenvalue weighted by atomic mass is 10.2. The van der Waals surface area contributed by atoms with Crippen molar-refractivity contribution in [3.05, 3.63) is 65.7 Å². The van der Waals surface area contributed by atoms with Gasteiger partial charge >= 0.3 is 5.97 Å². The first-order valence-corrected chi connectivity index (χ1v) is 6.48. The van der Waals surface area contributed by atoms with Crippen LogP contribution in [0.3, 0.4) is 0 Å². The Kier molecular flexibility index (Phi) is 4.36. The monoisotopic (exact) mass is 272 g/mol. The van der Waals surface area contributed by atoms with E-state index < -0.39 is 5.97 Å². The van der Waals surface area contributed by atoms with E-state index in [-0.39, 0.29) is 5.12 Å². The Bertz CT molecular complexity index is 593. The Morgan fingerprint density at radius 1 is 0.947 bits per heavy atom. The van der Waals surface area contributed by atoms with Crippen LogP contribution in [-0.2, 0) is 4.74 Å². The first-order valence-electron chi connectivity index (χ1n) is 5.67. The summed E-state index contributed by atoms with van der Waals surface area (Å²) >= 11 is 1.03. The summed E-state index contributed by atoms with van der Waals surface area (Å²) in [6.07, 6.45) is 0. The largest absolute Gasteiger partial charge is 0.465 e. The minimum absolute atomic E-state index is 0.100. The molecule has 2 aromatic carbocycles. The second-order valence-electron chi connectivity index (χ2n) is 3.74. The zero-order valence-electron chi connectivity index (χ0n) is 10.3. The first-order chi connectivity index (χ1) is 9.22. The summed E-state index contributed by atoms with van der Waals surface area (Å²) in [6.45, 7) is 0. The Balaban J connectivity index is 2.25. The molecule has 0 heterocycles. The lowest BCUT2D eigenvalue weighted by Crippen LogP contribution is -2.04. The molecule has 0 spiro atoms. The number of hydrogen-bond donors (Lipinski definition) is 0. The number of thioether (sulfide) groups is 1. The molecule has 3 nitrogen and oxygen atoms in total. The van der Waals surface area contributed by atoms with Gasteiger partial charge in [-0.25, -0.2) is 4.79 Å². The molecule has 0 saturated heterocycles. The van der Waals surface area contributed by atoms with Gasteiger partial charge in [-0.2, -0.15) is 0 Å². The molecule has 0 atom stereocenters. The Labute approximate surface area is 115 Å². The molecule has 4 heteroatoms. The number of carbonyl (C=O) groups excluding carboxylic acids is 2. The number of benzene rings is 2. The van der Waals surface area contributed by atoms with Gasteiger partial charge in [0.15, 0.2) is 0 Å². The van der Waals surface area contributed by atoms with Gasteiger partial charge in [-0.3, -0.25) is 4.79 Å². The van der Waals surface area contributed by atoms with E-state index in [1.807, 2.05) is 6.07 Å². The van der Waals surface area contributed by atoms with Gasteiger partial charge < -0.3 is 4.74 Å². The van der Waals surface area contributed by atoms with Crippen LogP contribution in [0.1, 0.15) is 20.7 Å². The normalized spacial score (nSPS) is 9.95. The van der Waals surface area contributed by atoms with Crippen LogP contribution < -0.4 is 0 Å². The number of rotatable bonds is 3. The van der Waals surface area contributed by atoms with Gasteiger partial charge in [-0.1, -0.05) is 42.5 Å². The summed E-state index contributed by atoms with van der Waals surface area (Å²) in [7, 11) is 1.32. The summed E-state index contributed by atoms with van der Waals surface area (Å²) in [5.74, 6) is -0.441. The molecular weight excluding hydrogens is 260 g/mol. The zero-order chi connectivity index (χ0) is 13.7. The van der Waals surface area contributed by atoms with E-state index >= 15 is 0 Å². The van der Waals surface area contributed by atoms with Gasteiger partial charge in [0.2, 0.25) is 5.12 Å². The van der Waals surface area contributed by atoms with Gasteiger partial charge in [0, 0.05) is 10.5 Å². The Morgan fingerprint density at radius 2 is 1.58 bits per heavy atom. The molecule has 2 rings (SSSR count). The zero-order valence-corrected chi connectivity index (χ0v) is 11.1. The maximum atomic E-state index is 12.1. The van der Waals surface area contributed by atoms with Crippen molar-refractivity contribution in [1.29, 1.82) is 0 Å². The highest BCUT2D eigenvalue weighted by atomic mass is 32.2. The number of ether oxygens (including phenoxy) is 1. The molecule has 0 N–H and O–H groups in total. The van der Waals surface area contributed by atoms with Crippen LogP contribution in [0.15, 0.2) is 59.5 Å². The molecule has 0 amide bonds. The maximum absolute atomic E-state index is 12.1. The Morgan fingerprint density at radius 3 is 2.26 bits per heavy atom. The quantitative estimate of drug-likeness (QED) is 0.634. The van der Waals surface area contributed by atoms with E-state index in [0.29, 0.717) is 16.0 Å². The number of esters is 1. The van der Waals surface area contributed by atoms with Crippen LogP contribution in [0, 0.1) is 0 Å². The van der Waals surface area contributed by atoms with Crippen molar-refractivity contribution in [2.24, 2.45) is 0 Å². The fraction of sp³-hybridized carbons (Fsp3) is 0.0667. The summed E-state index contributed by atoms with van der Waals surface area (Å²) in [6, 6.07) is 15.9. The third-order valence-electron chi connectivity index (χ3n) is 2.50. The van der Waals surface area contributed by atoms with Crippen molar-refractivity contribution < 1.29 is 14.3 Å². The highest BCUT2D eigenvalue weighted by Crippen LogP contribution is 2.26. The Hall–Kier alpha value is -2.07. The third kappa shape index (κ3) is 3.23. The van der Waals surface area contributed by atoms with Crippen LogP contribution >= 0.6 is 11.8 Å². The predicted molar refractivity (Wildman–Crippen MR) is 74.4 cm³/mol. The van der Waals surface area contributed by atoms with Crippen molar-refractivity contribution in [1.82, 2.24) is 0 Å². The molecular formula is C15H12O3S. The number of methoxy groups -OCH3 is 1. The topological polar surface area (TPSA) is 43.4 Å². The molecule has 0 radical (unpaired) electrons. The molecule has 96 valence electrons. The standard InChI is InChI=1S/C15H12O3S/c1-18-14(16)12-9-5-6-10-13(12)19-15(17)11-7-3-2-4-8-11/h2-10H,1H3. The van der Waals surface area contributed by atoms with Gasteiger partial charge in [-0.05, 0) is 23.9 Å². The van der Waals surface area contributed by atoms with Gasteiger partial charge in [0.25, 0.3) is 0 Å². The van der Waals surface area contributed by atoms with Crippen molar-refractivity contribution in [2.75, 3.05) is 7.11 Å². The summed E-state index contributed by atoms with van der Waals surface area (Å²) < 4.78 is 4.70. The highest BCUT2D eigenvalue weighted by molar-refractivity contribution is 8.14. The number of carbonyl (C=O) groups is 2. The molecule has 2 aromatic rings. The second-order valence-corrected chi connectivity index (χ2v) is 4.76. The smallest absolute Gasteiger partial charge is 0.339 e. The predicted octanol–water partition coefficient (Wildman–Crippen LogP) is 3.41. The van der Waals surface area contributed by atoms with Crippen LogP contribution in [-0.4, -0.2) is 18.2 Å². The minimum atomic E-state index is -0.441. The van der Waals surface area contributed by atoms with Crippen molar-refractivity contribution >= 4 is 22.8 Å². The van der Waals surface area contributed by atoms with E-state index in [1.165, 1.54) is 7.11 Å². The number of hydrogen-bond acceptors (Lipinski definition) is 4. The summed E-state index contributed by atoms with van der Waals surface area (Å²) in [4.78, 5) is 24.3. The molecule has 0 aromatic heterocycles. The van der Waals surface area contributed by atoms with E-state index in [0.717, 1.165) is 11.8 Å². The van der Waals surface area contributed by atoms with Crippen LogP contribution in [0.5, 0.6) is 0 Å². The lowest BCUT2D eigenvalue weighted by Gasteiger charge is -2.06. The van der Waals surface area contributed by atoms with E-state index in [4.69, 9.17) is 4.74 Å². The molecule has 0 aliphatic rings. The molecule has 0 aliphatic carbocycles. The summed E-state index contributed by atoms with van der Waals surface area (Å²) in [5, 5.41) is -0.100. The first kappa shape index (κ1) is 13.4. The molecule has 0 unspecified atom stereocenters. The maximum Gasteiger partial charge on any atom is 0.339 e. The van der Waals surface area contributed by atoms with Crippen molar-refractivity contribution in [3.63, 3.8) is 0 Å². The second kappa shape index (κ2) is 6.20. The third-order valence-corrected chi connectivity index (χ3v) is 3.50. The van der Waals surface area contributed by atoms with Crippen molar-refractivity contribution in [3.8, 4) is 0 Å². The van der Waals surface area contributed by atoms with E-state index in [1.54, 1.807) is 48.5 Å². The molecule has 0 saturated carbocycles. The molecule has 0 bridgehead atoms. The van der Waals surface area contributed by atoms with Crippen LogP contribution in [0.25, 0.3) is 0 Å². The van der Waals surface area contributed by atoms with Crippen LogP contribution in [0.2, 0.25) is 0 Å². The minimum Gasteiger partial charge on any atom is -0.465 e. The molecule has 0 fully saturated rings. The average Bonchev–Trinajstić information content (AvgIpc) is 2.48. The van der Waals surface area contributed by atoms with Gasteiger partial charge in [0.1, 0.15) is 0 Å². The average molecular weight is 272 g/mol. The lowest BCUT2D eigenvalue weighted by molar-refractivity contribution is 0.0597. The molecule has 19 heavy (non-hydrogen) atoms. The van der Waals surface area contributed by atoms with Gasteiger partial charge in [-0.15, -0.1) is 0 Å². The van der Waals surface area contributed by atoms with Crippen molar-refractivity contribution in [2.45, 2.75) is 4.90 Å². The van der Waals surface area contributed by atoms with E-state index in [2.05, 4.69) is 0 Å². The summed E-state index contributed by atoms with van der Waals surface area (Å²) in [5.41, 5.74) is 1.01.